The van der Waals surface area contributed by atoms with Gasteiger partial charge >= 0.3 is 0 Å². The average molecular weight is 527 g/mol. The van der Waals surface area contributed by atoms with Crippen molar-refractivity contribution in [3.63, 3.8) is 0 Å². The van der Waals surface area contributed by atoms with Gasteiger partial charge in [-0.1, -0.05) is 38.1 Å². The van der Waals surface area contributed by atoms with E-state index >= 15 is 0 Å². The molecule has 0 saturated carbocycles. The first-order valence-corrected chi connectivity index (χ1v) is 10.5. The van der Waals surface area contributed by atoms with Crippen LogP contribution >= 0.6 is 24.0 Å². The molecule has 0 aliphatic carbocycles. The molecule has 8 heteroatoms. The van der Waals surface area contributed by atoms with Crippen molar-refractivity contribution in [2.45, 2.75) is 59.4 Å². The predicted octanol–water partition coefficient (Wildman–Crippen LogP) is 4.45. The maximum absolute atomic E-state index is 12.2. The summed E-state index contributed by atoms with van der Waals surface area (Å²) in [6, 6.07) is 9.83. The molecule has 0 radical (unpaired) electrons. The minimum absolute atomic E-state index is 0. The van der Waals surface area contributed by atoms with E-state index in [4.69, 9.17) is 4.52 Å². The molecule has 2 rings (SSSR count). The molecule has 0 bridgehead atoms. The number of carbonyl (C=O) groups excluding carboxylic acids is 1. The summed E-state index contributed by atoms with van der Waals surface area (Å²) in [4.78, 5) is 16.6. The molecule has 7 nitrogen and oxygen atoms in total. The lowest BCUT2D eigenvalue weighted by Gasteiger charge is -2.10. The van der Waals surface area contributed by atoms with Gasteiger partial charge in [-0.05, 0) is 43.9 Å². The van der Waals surface area contributed by atoms with E-state index in [9.17, 15) is 4.79 Å². The van der Waals surface area contributed by atoms with Crippen LogP contribution < -0.4 is 16.0 Å². The zero-order chi connectivity index (χ0) is 21.1. The Kier molecular flexibility index (Phi) is 12.1. The van der Waals surface area contributed by atoms with Gasteiger partial charge in [0.1, 0.15) is 6.54 Å². The number of anilines is 1. The second-order valence-electron chi connectivity index (χ2n) is 6.88. The number of carbonyl (C=O) groups is 1. The third-order valence-electron chi connectivity index (χ3n) is 4.76. The van der Waals surface area contributed by atoms with Crippen LogP contribution in [0, 0.1) is 0 Å². The maximum Gasteiger partial charge on any atom is 0.246 e. The van der Waals surface area contributed by atoms with Gasteiger partial charge in [-0.25, -0.2) is 4.99 Å². The van der Waals surface area contributed by atoms with E-state index in [2.05, 4.69) is 46.9 Å². The van der Waals surface area contributed by atoms with Crippen molar-refractivity contribution < 1.29 is 9.32 Å². The van der Waals surface area contributed by atoms with Gasteiger partial charge in [0.15, 0.2) is 11.7 Å². The fourth-order valence-electron chi connectivity index (χ4n) is 3.04. The highest BCUT2D eigenvalue weighted by Gasteiger charge is 2.13. The molecule has 0 aliphatic heterocycles. The van der Waals surface area contributed by atoms with E-state index in [0.29, 0.717) is 25.0 Å². The first-order valence-electron chi connectivity index (χ1n) is 10.5. The van der Waals surface area contributed by atoms with Gasteiger partial charge < -0.3 is 20.5 Å². The minimum Gasteiger partial charge on any atom is -0.359 e. The normalized spacial score (nSPS) is 11.2. The van der Waals surface area contributed by atoms with E-state index in [0.717, 1.165) is 36.4 Å². The molecule has 1 aromatic heterocycles. The Hall–Kier alpha value is -2.10. The van der Waals surface area contributed by atoms with E-state index < -0.39 is 0 Å². The first kappa shape index (κ1) is 25.9. The van der Waals surface area contributed by atoms with Crippen molar-refractivity contribution in [1.29, 1.82) is 0 Å². The summed E-state index contributed by atoms with van der Waals surface area (Å²) in [5.74, 6) is 1.57. The molecule has 3 N–H and O–H groups in total. The lowest BCUT2D eigenvalue weighted by atomic mass is 9.99. The fourth-order valence-corrected chi connectivity index (χ4v) is 3.04. The topological polar surface area (TPSA) is 91.5 Å². The number of aromatic nitrogens is 1. The monoisotopic (exact) mass is 527 g/mol. The molecule has 1 amide bonds. The highest BCUT2D eigenvalue weighted by molar-refractivity contribution is 14.0. The number of amides is 1. The molecule has 166 valence electrons. The number of aryl methyl sites for hydroxylation is 1. The maximum atomic E-state index is 12.2. The van der Waals surface area contributed by atoms with Gasteiger partial charge in [0.05, 0.1) is 12.2 Å². The summed E-state index contributed by atoms with van der Waals surface area (Å²) in [6.07, 6.45) is 3.00. The number of nitrogens with zero attached hydrogens (tertiary/aromatic N) is 2. The quantitative estimate of drug-likeness (QED) is 0.241. The Bertz CT molecular complexity index is 802. The van der Waals surface area contributed by atoms with E-state index in [1.165, 1.54) is 5.56 Å². The van der Waals surface area contributed by atoms with Gasteiger partial charge in [-0.2, -0.15) is 0 Å². The van der Waals surface area contributed by atoms with Gasteiger partial charge in [-0.3, -0.25) is 4.79 Å². The number of guanidine groups is 1. The first-order chi connectivity index (χ1) is 14.1. The Labute approximate surface area is 196 Å². The number of nitrogens with one attached hydrogen (secondary N) is 3. The Morgan fingerprint density at radius 1 is 1.13 bits per heavy atom. The Morgan fingerprint density at radius 2 is 1.90 bits per heavy atom. The van der Waals surface area contributed by atoms with Crippen molar-refractivity contribution in [2.24, 2.45) is 4.99 Å². The van der Waals surface area contributed by atoms with Crippen LogP contribution in [0.25, 0.3) is 0 Å². The van der Waals surface area contributed by atoms with Gasteiger partial charge in [0.25, 0.3) is 0 Å². The van der Waals surface area contributed by atoms with E-state index in [1.54, 1.807) is 0 Å². The number of halogens is 1. The van der Waals surface area contributed by atoms with Gasteiger partial charge in [-0.15, -0.1) is 24.0 Å². The highest BCUT2D eigenvalue weighted by Crippen LogP contribution is 2.22. The van der Waals surface area contributed by atoms with Crippen molar-refractivity contribution in [3.8, 4) is 0 Å². The standard InChI is InChI=1S/C22H33N5O2.HI/c1-5-16-10-9-11-18(12-16)26-21(28)15-25-22(23-8-4)24-14-19-13-20(27-29-19)17(6-2)7-3;/h9-13,17H,5-8,14-15H2,1-4H3,(H,26,28)(H2,23,24,25);1H. The number of hydrogen-bond acceptors (Lipinski definition) is 4. The number of benzene rings is 1. The molecule has 0 saturated heterocycles. The summed E-state index contributed by atoms with van der Waals surface area (Å²) in [5, 5.41) is 13.4. The van der Waals surface area contributed by atoms with Crippen molar-refractivity contribution >= 4 is 41.5 Å². The number of rotatable bonds is 10. The smallest absolute Gasteiger partial charge is 0.246 e. The van der Waals surface area contributed by atoms with Crippen LogP contribution in [0.1, 0.15) is 63.5 Å². The second kappa shape index (κ2) is 14.0. The minimum atomic E-state index is -0.161. The third kappa shape index (κ3) is 8.33. The Morgan fingerprint density at radius 3 is 2.57 bits per heavy atom. The second-order valence-corrected chi connectivity index (χ2v) is 6.88. The summed E-state index contributed by atoms with van der Waals surface area (Å²) in [7, 11) is 0. The average Bonchev–Trinajstić information content (AvgIpc) is 3.20. The summed E-state index contributed by atoms with van der Waals surface area (Å²) >= 11 is 0. The third-order valence-corrected chi connectivity index (χ3v) is 4.76. The van der Waals surface area contributed by atoms with Crippen LogP contribution in [-0.2, 0) is 17.8 Å². The molecular weight excluding hydrogens is 493 g/mol. The van der Waals surface area contributed by atoms with Crippen molar-refractivity contribution in [1.82, 2.24) is 15.8 Å². The van der Waals surface area contributed by atoms with Crippen molar-refractivity contribution in [2.75, 3.05) is 18.4 Å². The largest absolute Gasteiger partial charge is 0.359 e. The van der Waals surface area contributed by atoms with Crippen LogP contribution in [0.5, 0.6) is 0 Å². The number of aliphatic imine (C=N–C) groups is 1. The molecule has 2 aromatic rings. The van der Waals surface area contributed by atoms with E-state index in [-0.39, 0.29) is 36.4 Å². The number of hydrogen-bond donors (Lipinski definition) is 3. The Balaban J connectivity index is 0.00000450. The van der Waals surface area contributed by atoms with Crippen LogP contribution in [0.3, 0.4) is 0 Å². The molecule has 0 atom stereocenters. The van der Waals surface area contributed by atoms with E-state index in [1.807, 2.05) is 37.3 Å². The lowest BCUT2D eigenvalue weighted by Crippen LogP contribution is -2.37. The zero-order valence-electron chi connectivity index (χ0n) is 18.3. The summed E-state index contributed by atoms with van der Waals surface area (Å²) < 4.78 is 5.43. The summed E-state index contributed by atoms with van der Waals surface area (Å²) in [5.41, 5.74) is 2.96. The molecule has 1 aromatic carbocycles. The zero-order valence-corrected chi connectivity index (χ0v) is 20.7. The van der Waals surface area contributed by atoms with Crippen LogP contribution in [-0.4, -0.2) is 30.1 Å². The highest BCUT2D eigenvalue weighted by atomic mass is 127. The van der Waals surface area contributed by atoms with Gasteiger partial charge in [0.2, 0.25) is 5.91 Å². The molecule has 0 fully saturated rings. The van der Waals surface area contributed by atoms with Crippen LogP contribution in [0.2, 0.25) is 0 Å². The molecule has 1 heterocycles. The SMILES string of the molecule is CCNC(=NCC(=O)Nc1cccc(CC)c1)NCc1cc(C(CC)CC)no1.I. The fraction of sp³-hybridized carbons (Fsp3) is 0.500. The lowest BCUT2D eigenvalue weighted by molar-refractivity contribution is -0.114. The molecule has 0 aliphatic rings. The molecular formula is C22H34IN5O2. The molecule has 0 spiro atoms. The van der Waals surface area contributed by atoms with Crippen LogP contribution in [0.4, 0.5) is 5.69 Å². The van der Waals surface area contributed by atoms with Crippen molar-refractivity contribution in [3.05, 3.63) is 47.3 Å². The summed E-state index contributed by atoms with van der Waals surface area (Å²) in [6.45, 7) is 9.55. The van der Waals surface area contributed by atoms with Gasteiger partial charge in [0, 0.05) is 24.2 Å². The van der Waals surface area contributed by atoms with Crippen LogP contribution in [0.15, 0.2) is 39.8 Å². The molecule has 30 heavy (non-hydrogen) atoms. The molecule has 0 unspecified atom stereocenters. The predicted molar refractivity (Wildman–Crippen MR) is 133 cm³/mol.